The van der Waals surface area contributed by atoms with Crippen molar-refractivity contribution in [2.24, 2.45) is 0 Å². The van der Waals surface area contributed by atoms with E-state index in [2.05, 4.69) is 0 Å². The number of carbonyl (C=O) groups excluding carboxylic acids is 2. The minimum absolute atomic E-state index is 0.156. The number of thioether (sulfide) groups is 1. The molecule has 0 saturated carbocycles. The van der Waals surface area contributed by atoms with Crippen molar-refractivity contribution in [1.82, 2.24) is 4.90 Å². The summed E-state index contributed by atoms with van der Waals surface area (Å²) in [6, 6.07) is 18.8. The Labute approximate surface area is 195 Å². The largest absolute Gasteiger partial charge is 0.311 e. The van der Waals surface area contributed by atoms with Crippen LogP contribution < -0.4 is 4.90 Å². The number of hydrogen-bond donors (Lipinski definition) is 0. The van der Waals surface area contributed by atoms with E-state index >= 15 is 0 Å². The predicted octanol–water partition coefficient (Wildman–Crippen LogP) is 5.38. The number of nitrogens with zero attached hydrogens (tertiary/aromatic N) is 2. The lowest BCUT2D eigenvalue weighted by atomic mass is 10.0. The molecule has 32 heavy (non-hydrogen) atoms. The van der Waals surface area contributed by atoms with E-state index in [4.69, 9.17) is 11.6 Å². The summed E-state index contributed by atoms with van der Waals surface area (Å²) in [5.74, 6) is -0.214. The van der Waals surface area contributed by atoms with Crippen LogP contribution in [-0.4, -0.2) is 29.0 Å². The molecule has 0 aliphatic carbocycles. The highest BCUT2D eigenvalue weighted by Gasteiger charge is 2.59. The van der Waals surface area contributed by atoms with Crippen LogP contribution in [0, 0.1) is 12.7 Å². The first-order valence-electron chi connectivity index (χ1n) is 10.3. The number of rotatable bonds is 3. The monoisotopic (exact) mass is 466 g/mol. The minimum Gasteiger partial charge on any atom is -0.311 e. The molecule has 1 atom stereocenters. The molecule has 3 aromatic rings. The number of aryl methyl sites for hydroxylation is 1. The molecule has 1 saturated heterocycles. The fraction of sp³-hybridized carbons (Fsp3) is 0.200. The number of amides is 2. The van der Waals surface area contributed by atoms with Crippen LogP contribution >= 0.6 is 23.4 Å². The van der Waals surface area contributed by atoms with Crippen LogP contribution in [-0.2, 0) is 16.2 Å². The maximum atomic E-state index is 14.0. The predicted molar refractivity (Wildman–Crippen MR) is 125 cm³/mol. The van der Waals surface area contributed by atoms with Crippen LogP contribution in [0.1, 0.15) is 27.0 Å². The van der Waals surface area contributed by atoms with Gasteiger partial charge in [-0.15, -0.1) is 11.8 Å². The van der Waals surface area contributed by atoms with Crippen molar-refractivity contribution >= 4 is 40.9 Å². The van der Waals surface area contributed by atoms with Crippen molar-refractivity contribution in [2.75, 3.05) is 17.2 Å². The van der Waals surface area contributed by atoms with Crippen LogP contribution in [0.3, 0.4) is 0 Å². The molecule has 1 spiro atoms. The van der Waals surface area contributed by atoms with Gasteiger partial charge in [0.25, 0.3) is 11.8 Å². The molecule has 4 nitrogen and oxygen atoms in total. The summed E-state index contributed by atoms with van der Waals surface area (Å²) < 4.78 is 13.4. The zero-order valence-electron chi connectivity index (χ0n) is 17.3. The van der Waals surface area contributed by atoms with Gasteiger partial charge in [-0.25, -0.2) is 4.39 Å². The van der Waals surface area contributed by atoms with Crippen LogP contribution in [0.2, 0.25) is 5.02 Å². The molecule has 1 fully saturated rings. The summed E-state index contributed by atoms with van der Waals surface area (Å²) >= 11 is 7.86. The van der Waals surface area contributed by atoms with Gasteiger partial charge >= 0.3 is 0 Å². The van der Waals surface area contributed by atoms with Crippen LogP contribution in [0.25, 0.3) is 0 Å². The Morgan fingerprint density at radius 2 is 1.88 bits per heavy atom. The van der Waals surface area contributed by atoms with Gasteiger partial charge in [-0.1, -0.05) is 47.5 Å². The Hall–Kier alpha value is -2.83. The molecular weight excluding hydrogens is 447 g/mol. The number of benzene rings is 3. The summed E-state index contributed by atoms with van der Waals surface area (Å²) in [5, 5.41) is 0.591. The van der Waals surface area contributed by atoms with Gasteiger partial charge in [0.2, 0.25) is 0 Å². The zero-order chi connectivity index (χ0) is 22.5. The molecule has 2 aliphatic heterocycles. The third-order valence-electron chi connectivity index (χ3n) is 5.97. The Kier molecular flexibility index (Phi) is 5.22. The molecule has 162 valence electrons. The summed E-state index contributed by atoms with van der Waals surface area (Å²) in [4.78, 5) is 29.7. The molecule has 0 radical (unpaired) electrons. The molecular formula is C25H20ClFN2O2S. The lowest BCUT2D eigenvalue weighted by molar-refractivity contribution is -0.123. The molecule has 3 aromatic carbocycles. The molecule has 2 amide bonds. The average molecular weight is 467 g/mol. The standard InChI is InChI=1S/C25H20ClFN2O2S/c1-16-6-11-22-20(14-16)25(24(31)28(22)15-18-4-2-3-5-21(18)26)29(12-13-32-25)23(30)17-7-9-19(27)10-8-17/h2-11,14H,12-13,15H2,1H3/t25-/m0/s1. The van der Waals surface area contributed by atoms with Crippen molar-refractivity contribution in [3.05, 3.63) is 99.8 Å². The van der Waals surface area contributed by atoms with Gasteiger partial charge in [0, 0.05) is 28.4 Å². The Morgan fingerprint density at radius 3 is 2.62 bits per heavy atom. The van der Waals surface area contributed by atoms with Gasteiger partial charge in [-0.05, 0) is 48.9 Å². The third kappa shape index (κ3) is 3.21. The maximum absolute atomic E-state index is 14.0. The molecule has 0 N–H and O–H groups in total. The number of carbonyl (C=O) groups is 2. The smallest absolute Gasteiger partial charge is 0.268 e. The second kappa shape index (κ2) is 7.94. The topological polar surface area (TPSA) is 40.6 Å². The highest BCUT2D eigenvalue weighted by molar-refractivity contribution is 8.01. The highest BCUT2D eigenvalue weighted by atomic mass is 35.5. The number of hydrogen-bond acceptors (Lipinski definition) is 3. The fourth-order valence-electron chi connectivity index (χ4n) is 4.43. The van der Waals surface area contributed by atoms with Gasteiger partial charge in [-0.3, -0.25) is 9.59 Å². The van der Waals surface area contributed by atoms with E-state index < -0.39 is 10.7 Å². The van der Waals surface area contributed by atoms with E-state index in [1.807, 2.05) is 43.3 Å². The number of halogens is 2. The van der Waals surface area contributed by atoms with Crippen molar-refractivity contribution in [3.63, 3.8) is 0 Å². The van der Waals surface area contributed by atoms with Crippen LogP contribution in [0.4, 0.5) is 10.1 Å². The van der Waals surface area contributed by atoms with Crippen molar-refractivity contribution in [1.29, 1.82) is 0 Å². The summed E-state index contributed by atoms with van der Waals surface area (Å²) in [5.41, 5.74) is 3.81. The maximum Gasteiger partial charge on any atom is 0.268 e. The van der Waals surface area contributed by atoms with Crippen molar-refractivity contribution < 1.29 is 14.0 Å². The van der Waals surface area contributed by atoms with Gasteiger partial charge < -0.3 is 9.80 Å². The average Bonchev–Trinajstić information content (AvgIpc) is 3.32. The van der Waals surface area contributed by atoms with E-state index in [0.717, 1.165) is 22.4 Å². The Morgan fingerprint density at radius 1 is 1.12 bits per heavy atom. The van der Waals surface area contributed by atoms with E-state index in [-0.39, 0.29) is 11.8 Å². The molecule has 0 bridgehead atoms. The quantitative estimate of drug-likeness (QED) is 0.520. The highest BCUT2D eigenvalue weighted by Crippen LogP contribution is 2.55. The second-order valence-electron chi connectivity index (χ2n) is 7.96. The second-order valence-corrected chi connectivity index (χ2v) is 9.65. The van der Waals surface area contributed by atoms with E-state index in [1.54, 1.807) is 15.9 Å². The summed E-state index contributed by atoms with van der Waals surface area (Å²) in [6.45, 7) is 2.72. The normalized spacial score (nSPS) is 19.7. The summed E-state index contributed by atoms with van der Waals surface area (Å²) in [6.07, 6.45) is 0. The Balaban J connectivity index is 1.60. The lowest BCUT2D eigenvalue weighted by Crippen LogP contribution is -2.50. The molecule has 0 aromatic heterocycles. The van der Waals surface area contributed by atoms with Crippen molar-refractivity contribution in [3.8, 4) is 0 Å². The first-order chi connectivity index (χ1) is 15.4. The van der Waals surface area contributed by atoms with Crippen molar-refractivity contribution in [2.45, 2.75) is 18.3 Å². The molecule has 2 heterocycles. The minimum atomic E-state index is -1.14. The number of fused-ring (bicyclic) bond motifs is 2. The molecule has 5 rings (SSSR count). The zero-order valence-corrected chi connectivity index (χ0v) is 18.9. The van der Waals surface area contributed by atoms with Crippen LogP contribution in [0.15, 0.2) is 66.7 Å². The lowest BCUT2D eigenvalue weighted by Gasteiger charge is -2.33. The third-order valence-corrected chi connectivity index (χ3v) is 7.76. The Bertz CT molecular complexity index is 1230. The van der Waals surface area contributed by atoms with E-state index in [1.165, 1.54) is 36.0 Å². The fourth-order valence-corrected chi connectivity index (χ4v) is 6.08. The van der Waals surface area contributed by atoms with Gasteiger partial charge in [0.1, 0.15) is 5.82 Å². The van der Waals surface area contributed by atoms with Gasteiger partial charge in [0.05, 0.1) is 12.2 Å². The first-order valence-corrected chi connectivity index (χ1v) is 11.7. The molecule has 7 heteroatoms. The molecule has 0 unspecified atom stereocenters. The van der Waals surface area contributed by atoms with E-state index in [9.17, 15) is 14.0 Å². The van der Waals surface area contributed by atoms with Crippen LogP contribution in [0.5, 0.6) is 0 Å². The van der Waals surface area contributed by atoms with Gasteiger partial charge in [-0.2, -0.15) is 0 Å². The SMILES string of the molecule is Cc1ccc2c(c1)[C@]1(SCCN1C(=O)c1ccc(F)cc1)C(=O)N2Cc1ccccc1Cl. The number of anilines is 1. The first kappa shape index (κ1) is 21.0. The van der Waals surface area contributed by atoms with Gasteiger partial charge in [0.15, 0.2) is 4.87 Å². The van der Waals surface area contributed by atoms with E-state index in [0.29, 0.717) is 29.4 Å². The summed E-state index contributed by atoms with van der Waals surface area (Å²) in [7, 11) is 0. The molecule has 2 aliphatic rings.